The van der Waals surface area contributed by atoms with Gasteiger partial charge in [-0.05, 0) is 7.05 Å². The van der Waals surface area contributed by atoms with Gasteiger partial charge >= 0.3 is 0 Å². The number of Topliss-reactive ketones (excluding diaryl/α,β-unsaturated/α-hetero) is 1. The molecule has 0 aromatic heterocycles. The molecule has 2 aliphatic heterocycles. The van der Waals surface area contributed by atoms with Crippen LogP contribution < -0.4 is 5.32 Å². The van der Waals surface area contributed by atoms with Crippen LogP contribution >= 0.6 is 0 Å². The Labute approximate surface area is 78.2 Å². The Bertz CT molecular complexity index is 204. The standard InChI is InChI=1S/C9H16N2O2/c1-11(8-5-13-6-8)4-7-2-9(12)3-10-7/h7-8,10H,2-6H2,1H3. The Morgan fingerprint density at radius 2 is 2.38 bits per heavy atom. The number of ketones is 1. The van der Waals surface area contributed by atoms with Gasteiger partial charge in [-0.25, -0.2) is 0 Å². The molecule has 0 bridgehead atoms. The minimum Gasteiger partial charge on any atom is -0.378 e. The van der Waals surface area contributed by atoms with Crippen LogP contribution in [0, 0.1) is 0 Å². The van der Waals surface area contributed by atoms with E-state index in [1.165, 1.54) is 0 Å². The van der Waals surface area contributed by atoms with Gasteiger partial charge in [-0.1, -0.05) is 0 Å². The van der Waals surface area contributed by atoms with E-state index in [1.807, 2.05) is 0 Å². The highest BCUT2D eigenvalue weighted by Crippen LogP contribution is 2.11. The molecule has 2 aliphatic rings. The number of rotatable bonds is 3. The fourth-order valence-electron chi connectivity index (χ4n) is 1.78. The predicted molar refractivity (Wildman–Crippen MR) is 48.7 cm³/mol. The van der Waals surface area contributed by atoms with Crippen molar-refractivity contribution in [3.8, 4) is 0 Å². The van der Waals surface area contributed by atoms with Crippen LogP contribution in [0.25, 0.3) is 0 Å². The Kier molecular flexibility index (Phi) is 2.62. The van der Waals surface area contributed by atoms with Crippen LogP contribution in [-0.4, -0.2) is 56.1 Å². The third kappa shape index (κ3) is 2.07. The molecule has 1 N–H and O–H groups in total. The summed E-state index contributed by atoms with van der Waals surface area (Å²) in [6.45, 7) is 3.20. The summed E-state index contributed by atoms with van der Waals surface area (Å²) in [5.74, 6) is 0.336. The lowest BCUT2D eigenvalue weighted by atomic mass is 10.1. The van der Waals surface area contributed by atoms with E-state index in [-0.39, 0.29) is 0 Å². The second kappa shape index (κ2) is 3.74. The molecular weight excluding hydrogens is 168 g/mol. The van der Waals surface area contributed by atoms with Crippen LogP contribution in [0.5, 0.6) is 0 Å². The van der Waals surface area contributed by atoms with Crippen LogP contribution in [0.15, 0.2) is 0 Å². The summed E-state index contributed by atoms with van der Waals surface area (Å²) in [6.07, 6.45) is 0.692. The maximum absolute atomic E-state index is 11.0. The monoisotopic (exact) mass is 184 g/mol. The van der Waals surface area contributed by atoms with Crippen LogP contribution in [-0.2, 0) is 9.53 Å². The maximum Gasteiger partial charge on any atom is 0.148 e. The van der Waals surface area contributed by atoms with Crippen LogP contribution in [0.1, 0.15) is 6.42 Å². The predicted octanol–water partition coefficient (Wildman–Crippen LogP) is -0.752. The first-order chi connectivity index (χ1) is 6.25. The Morgan fingerprint density at radius 3 is 2.85 bits per heavy atom. The Hall–Kier alpha value is -0.450. The summed E-state index contributed by atoms with van der Waals surface area (Å²) in [6, 6.07) is 0.926. The highest BCUT2D eigenvalue weighted by Gasteiger charge is 2.28. The molecule has 2 rings (SSSR count). The van der Waals surface area contributed by atoms with Gasteiger partial charge in [-0.2, -0.15) is 0 Å². The molecule has 0 amide bonds. The summed E-state index contributed by atoms with van der Waals surface area (Å²) < 4.78 is 5.11. The maximum atomic E-state index is 11.0. The minimum atomic E-state index is 0.336. The first-order valence-corrected chi connectivity index (χ1v) is 4.79. The summed E-state index contributed by atoms with van der Waals surface area (Å²) in [5, 5.41) is 3.21. The molecule has 0 saturated carbocycles. The fraction of sp³-hybridized carbons (Fsp3) is 0.889. The zero-order valence-corrected chi connectivity index (χ0v) is 7.95. The van der Waals surface area contributed by atoms with Crippen molar-refractivity contribution in [3.05, 3.63) is 0 Å². The fourth-order valence-corrected chi connectivity index (χ4v) is 1.78. The SMILES string of the molecule is CN(CC1CC(=O)CN1)C1COC1. The highest BCUT2D eigenvalue weighted by molar-refractivity contribution is 5.83. The van der Waals surface area contributed by atoms with E-state index in [1.54, 1.807) is 0 Å². The summed E-state index contributed by atoms with van der Waals surface area (Å²) in [5.41, 5.74) is 0. The number of hydrogen-bond acceptors (Lipinski definition) is 4. The van der Waals surface area contributed by atoms with E-state index in [2.05, 4.69) is 17.3 Å². The van der Waals surface area contributed by atoms with Crippen molar-refractivity contribution in [2.75, 3.05) is 33.4 Å². The van der Waals surface area contributed by atoms with Crippen molar-refractivity contribution < 1.29 is 9.53 Å². The van der Waals surface area contributed by atoms with Gasteiger partial charge in [-0.3, -0.25) is 9.69 Å². The smallest absolute Gasteiger partial charge is 0.148 e. The summed E-state index contributed by atoms with van der Waals surface area (Å²) in [7, 11) is 2.09. The first kappa shape index (κ1) is 9.12. The van der Waals surface area contributed by atoms with Crippen molar-refractivity contribution in [2.45, 2.75) is 18.5 Å². The van der Waals surface area contributed by atoms with Crippen molar-refractivity contribution in [1.82, 2.24) is 10.2 Å². The summed E-state index contributed by atoms with van der Waals surface area (Å²) in [4.78, 5) is 13.3. The Morgan fingerprint density at radius 1 is 1.62 bits per heavy atom. The molecule has 4 nitrogen and oxygen atoms in total. The van der Waals surface area contributed by atoms with E-state index >= 15 is 0 Å². The van der Waals surface area contributed by atoms with E-state index in [4.69, 9.17) is 4.74 Å². The van der Waals surface area contributed by atoms with Crippen LogP contribution in [0.3, 0.4) is 0 Å². The number of carbonyl (C=O) groups excluding carboxylic acids is 1. The second-order valence-electron chi connectivity index (χ2n) is 3.95. The molecule has 2 saturated heterocycles. The zero-order chi connectivity index (χ0) is 9.26. The number of carbonyl (C=O) groups is 1. The number of ether oxygens (including phenoxy) is 1. The van der Waals surface area contributed by atoms with Gasteiger partial charge in [0.1, 0.15) is 5.78 Å². The molecule has 0 aromatic carbocycles. The molecule has 0 spiro atoms. The van der Waals surface area contributed by atoms with E-state index in [9.17, 15) is 4.79 Å². The largest absolute Gasteiger partial charge is 0.378 e. The molecule has 0 radical (unpaired) electrons. The quantitative estimate of drug-likeness (QED) is 0.626. The number of nitrogens with one attached hydrogen (secondary N) is 1. The van der Waals surface area contributed by atoms with E-state index < -0.39 is 0 Å². The molecule has 1 atom stereocenters. The van der Waals surface area contributed by atoms with E-state index in [0.29, 0.717) is 30.8 Å². The van der Waals surface area contributed by atoms with Gasteiger partial charge in [-0.15, -0.1) is 0 Å². The molecule has 1 unspecified atom stereocenters. The normalized spacial score (nSPS) is 29.7. The molecule has 2 heterocycles. The van der Waals surface area contributed by atoms with Crippen molar-refractivity contribution in [3.63, 3.8) is 0 Å². The van der Waals surface area contributed by atoms with Gasteiger partial charge in [0.2, 0.25) is 0 Å². The van der Waals surface area contributed by atoms with Crippen molar-refractivity contribution >= 4 is 5.78 Å². The average molecular weight is 184 g/mol. The Balaban J connectivity index is 1.73. The summed E-state index contributed by atoms with van der Waals surface area (Å²) >= 11 is 0. The third-order valence-electron chi connectivity index (χ3n) is 2.81. The molecule has 74 valence electrons. The number of likely N-dealkylation sites (N-methyl/N-ethyl adjacent to an activating group) is 1. The highest BCUT2D eigenvalue weighted by atomic mass is 16.5. The topological polar surface area (TPSA) is 41.6 Å². The third-order valence-corrected chi connectivity index (χ3v) is 2.81. The van der Waals surface area contributed by atoms with Crippen molar-refractivity contribution in [1.29, 1.82) is 0 Å². The number of hydrogen-bond donors (Lipinski definition) is 1. The van der Waals surface area contributed by atoms with Crippen molar-refractivity contribution in [2.24, 2.45) is 0 Å². The lowest BCUT2D eigenvalue weighted by molar-refractivity contribution is -0.116. The molecule has 4 heteroatoms. The van der Waals surface area contributed by atoms with Crippen LogP contribution in [0.4, 0.5) is 0 Å². The lowest BCUT2D eigenvalue weighted by Crippen LogP contribution is -2.50. The van der Waals surface area contributed by atoms with Gasteiger partial charge in [0.25, 0.3) is 0 Å². The van der Waals surface area contributed by atoms with E-state index in [0.717, 1.165) is 19.8 Å². The lowest BCUT2D eigenvalue weighted by Gasteiger charge is -2.35. The van der Waals surface area contributed by atoms with Gasteiger partial charge in [0.05, 0.1) is 25.8 Å². The van der Waals surface area contributed by atoms with Gasteiger partial charge in [0, 0.05) is 19.0 Å². The average Bonchev–Trinajstić information content (AvgIpc) is 2.31. The molecule has 2 fully saturated rings. The van der Waals surface area contributed by atoms with Gasteiger partial charge in [0.15, 0.2) is 0 Å². The van der Waals surface area contributed by atoms with Crippen LogP contribution in [0.2, 0.25) is 0 Å². The molecular formula is C9H16N2O2. The zero-order valence-electron chi connectivity index (χ0n) is 7.95. The molecule has 0 aromatic rings. The molecule has 0 aliphatic carbocycles. The second-order valence-corrected chi connectivity index (χ2v) is 3.95. The number of nitrogens with zero attached hydrogens (tertiary/aromatic N) is 1. The first-order valence-electron chi connectivity index (χ1n) is 4.79. The molecule has 13 heavy (non-hydrogen) atoms. The van der Waals surface area contributed by atoms with Gasteiger partial charge < -0.3 is 10.1 Å². The minimum absolute atomic E-state index is 0.336.